The summed E-state index contributed by atoms with van der Waals surface area (Å²) in [5.41, 5.74) is 0. The molecular formula is C17H32N2O. The highest BCUT2D eigenvalue weighted by Crippen LogP contribution is 2.31. The minimum Gasteiger partial charge on any atom is -0.308 e. The van der Waals surface area contributed by atoms with Crippen molar-refractivity contribution in [2.24, 2.45) is 11.8 Å². The third kappa shape index (κ3) is 4.29. The van der Waals surface area contributed by atoms with Crippen LogP contribution >= 0.6 is 0 Å². The lowest BCUT2D eigenvalue weighted by Gasteiger charge is -2.34. The summed E-state index contributed by atoms with van der Waals surface area (Å²) in [5, 5.41) is 0. The van der Waals surface area contributed by atoms with Crippen LogP contribution in [-0.2, 0) is 4.79 Å². The maximum atomic E-state index is 12.2. The quantitative estimate of drug-likeness (QED) is 0.747. The van der Waals surface area contributed by atoms with Crippen LogP contribution < -0.4 is 0 Å². The average Bonchev–Trinajstić information content (AvgIpc) is 2.80. The highest BCUT2D eigenvalue weighted by molar-refractivity contribution is 5.82. The van der Waals surface area contributed by atoms with Crippen LogP contribution in [-0.4, -0.2) is 55.4 Å². The Labute approximate surface area is 124 Å². The van der Waals surface area contributed by atoms with Crippen molar-refractivity contribution in [1.82, 2.24) is 9.80 Å². The summed E-state index contributed by atoms with van der Waals surface area (Å²) in [6.07, 6.45) is 8.31. The minimum absolute atomic E-state index is 0.322. The second-order valence-electron chi connectivity index (χ2n) is 7.15. The number of hydrogen-bond acceptors (Lipinski definition) is 3. The van der Waals surface area contributed by atoms with Crippen molar-refractivity contribution in [2.75, 3.05) is 33.7 Å². The maximum absolute atomic E-state index is 12.2. The molecule has 0 aromatic carbocycles. The second-order valence-corrected chi connectivity index (χ2v) is 7.15. The van der Waals surface area contributed by atoms with Crippen molar-refractivity contribution in [3.05, 3.63) is 0 Å². The normalized spacial score (nSPS) is 32.2. The van der Waals surface area contributed by atoms with Crippen molar-refractivity contribution in [2.45, 2.75) is 57.9 Å². The topological polar surface area (TPSA) is 23.6 Å². The monoisotopic (exact) mass is 280 g/mol. The van der Waals surface area contributed by atoms with E-state index in [4.69, 9.17) is 0 Å². The highest BCUT2D eigenvalue weighted by atomic mass is 16.1. The molecule has 0 bridgehead atoms. The number of carbonyl (C=O) groups is 1. The van der Waals surface area contributed by atoms with Gasteiger partial charge in [-0.3, -0.25) is 9.69 Å². The number of Topliss-reactive ketones (excluding diaryl/α,β-unsaturated/α-hetero) is 1. The molecule has 20 heavy (non-hydrogen) atoms. The van der Waals surface area contributed by atoms with E-state index in [-0.39, 0.29) is 0 Å². The van der Waals surface area contributed by atoms with Crippen molar-refractivity contribution < 1.29 is 4.79 Å². The van der Waals surface area contributed by atoms with Gasteiger partial charge in [-0.15, -0.1) is 0 Å². The molecule has 3 nitrogen and oxygen atoms in total. The Morgan fingerprint density at radius 1 is 1.30 bits per heavy atom. The number of likely N-dealkylation sites (N-methyl/N-ethyl adjacent to an activating group) is 1. The molecule has 2 aliphatic rings. The first kappa shape index (κ1) is 16.0. The van der Waals surface area contributed by atoms with Crippen LogP contribution in [0.3, 0.4) is 0 Å². The Hall–Kier alpha value is -0.410. The molecule has 3 unspecified atom stereocenters. The first-order valence-electron chi connectivity index (χ1n) is 8.51. The maximum Gasteiger partial charge on any atom is 0.137 e. The first-order valence-corrected chi connectivity index (χ1v) is 8.51. The van der Waals surface area contributed by atoms with Crippen LogP contribution in [0.4, 0.5) is 0 Å². The van der Waals surface area contributed by atoms with Crippen LogP contribution in [0, 0.1) is 11.8 Å². The summed E-state index contributed by atoms with van der Waals surface area (Å²) in [7, 11) is 4.30. The summed E-state index contributed by atoms with van der Waals surface area (Å²) in [4.78, 5) is 17.1. The Morgan fingerprint density at radius 3 is 2.80 bits per heavy atom. The van der Waals surface area contributed by atoms with E-state index in [1.807, 2.05) is 0 Å². The summed E-state index contributed by atoms with van der Waals surface area (Å²) >= 11 is 0. The van der Waals surface area contributed by atoms with Gasteiger partial charge in [-0.05, 0) is 52.2 Å². The molecular weight excluding hydrogens is 248 g/mol. The van der Waals surface area contributed by atoms with Crippen LogP contribution in [0.15, 0.2) is 0 Å². The third-order valence-corrected chi connectivity index (χ3v) is 5.10. The molecule has 3 heteroatoms. The van der Waals surface area contributed by atoms with E-state index in [9.17, 15) is 4.79 Å². The lowest BCUT2D eigenvalue weighted by molar-refractivity contribution is -0.126. The van der Waals surface area contributed by atoms with Gasteiger partial charge in [0.05, 0.1) is 0 Å². The van der Waals surface area contributed by atoms with Crippen LogP contribution in [0.25, 0.3) is 0 Å². The lowest BCUT2D eigenvalue weighted by atomic mass is 9.78. The zero-order valence-corrected chi connectivity index (χ0v) is 13.6. The van der Waals surface area contributed by atoms with Gasteiger partial charge < -0.3 is 4.90 Å². The Balaban J connectivity index is 1.88. The van der Waals surface area contributed by atoms with E-state index >= 15 is 0 Å². The molecule has 0 amide bonds. The summed E-state index contributed by atoms with van der Waals surface area (Å²) in [6.45, 7) is 5.62. The predicted molar refractivity (Wildman–Crippen MR) is 83.9 cm³/mol. The van der Waals surface area contributed by atoms with Crippen molar-refractivity contribution >= 4 is 5.78 Å². The van der Waals surface area contributed by atoms with Gasteiger partial charge in [0.2, 0.25) is 0 Å². The highest BCUT2D eigenvalue weighted by Gasteiger charge is 2.33. The van der Waals surface area contributed by atoms with E-state index in [2.05, 4.69) is 30.8 Å². The standard InChI is InChI=1S/C17H32N2O/c1-4-6-14-8-9-17(20)15(11-14)12-19-10-5-7-16(19)13-18(2)3/h14-16H,4-13H2,1-3H3. The van der Waals surface area contributed by atoms with E-state index in [1.54, 1.807) is 0 Å². The molecule has 0 N–H and O–H groups in total. The Kier molecular flexibility index (Phi) is 6.03. The molecule has 0 aromatic heterocycles. The van der Waals surface area contributed by atoms with Crippen LogP contribution in [0.1, 0.15) is 51.9 Å². The number of likely N-dealkylation sites (tertiary alicyclic amines) is 1. The molecule has 1 aliphatic carbocycles. The Morgan fingerprint density at radius 2 is 2.10 bits per heavy atom. The molecule has 1 aliphatic heterocycles. The van der Waals surface area contributed by atoms with Gasteiger partial charge in [-0.25, -0.2) is 0 Å². The smallest absolute Gasteiger partial charge is 0.137 e. The Bertz CT molecular complexity index is 316. The average molecular weight is 280 g/mol. The number of nitrogens with zero attached hydrogens (tertiary/aromatic N) is 2. The van der Waals surface area contributed by atoms with Crippen molar-refractivity contribution in [3.63, 3.8) is 0 Å². The van der Waals surface area contributed by atoms with Gasteiger partial charge in [0.15, 0.2) is 0 Å². The molecule has 0 spiro atoms. The van der Waals surface area contributed by atoms with Gasteiger partial charge in [-0.1, -0.05) is 19.8 Å². The van der Waals surface area contributed by atoms with E-state index in [0.717, 1.165) is 38.3 Å². The number of carbonyl (C=O) groups excluding carboxylic acids is 1. The fourth-order valence-corrected chi connectivity index (χ4v) is 4.10. The fraction of sp³-hybridized carbons (Fsp3) is 0.941. The molecule has 0 aromatic rings. The molecule has 1 saturated carbocycles. The zero-order chi connectivity index (χ0) is 14.5. The van der Waals surface area contributed by atoms with Gasteiger partial charge in [0.1, 0.15) is 5.78 Å². The van der Waals surface area contributed by atoms with E-state index in [1.165, 1.54) is 32.2 Å². The lowest BCUT2D eigenvalue weighted by Crippen LogP contribution is -2.42. The zero-order valence-electron chi connectivity index (χ0n) is 13.6. The van der Waals surface area contributed by atoms with Gasteiger partial charge in [0.25, 0.3) is 0 Å². The molecule has 1 saturated heterocycles. The molecule has 1 heterocycles. The molecule has 3 atom stereocenters. The van der Waals surface area contributed by atoms with Gasteiger partial charge in [-0.2, -0.15) is 0 Å². The predicted octanol–water partition coefficient (Wildman–Crippen LogP) is 2.80. The SMILES string of the molecule is CCCC1CCC(=O)C(CN2CCCC2CN(C)C)C1. The summed E-state index contributed by atoms with van der Waals surface area (Å²) in [6, 6.07) is 0.671. The summed E-state index contributed by atoms with van der Waals surface area (Å²) in [5.74, 6) is 1.66. The van der Waals surface area contributed by atoms with Crippen LogP contribution in [0.2, 0.25) is 0 Å². The van der Waals surface area contributed by atoms with Gasteiger partial charge >= 0.3 is 0 Å². The van der Waals surface area contributed by atoms with E-state index in [0.29, 0.717) is 17.7 Å². The molecule has 116 valence electrons. The largest absolute Gasteiger partial charge is 0.308 e. The molecule has 2 rings (SSSR count). The second kappa shape index (κ2) is 7.56. The number of ketones is 1. The number of rotatable bonds is 6. The van der Waals surface area contributed by atoms with Crippen molar-refractivity contribution in [3.8, 4) is 0 Å². The molecule has 0 radical (unpaired) electrons. The fourth-order valence-electron chi connectivity index (χ4n) is 4.10. The van der Waals surface area contributed by atoms with Gasteiger partial charge in [0, 0.05) is 31.5 Å². The third-order valence-electron chi connectivity index (χ3n) is 5.10. The minimum atomic E-state index is 0.322. The number of hydrogen-bond donors (Lipinski definition) is 0. The van der Waals surface area contributed by atoms with Crippen LogP contribution in [0.5, 0.6) is 0 Å². The summed E-state index contributed by atoms with van der Waals surface area (Å²) < 4.78 is 0. The molecule has 2 fully saturated rings. The van der Waals surface area contributed by atoms with E-state index < -0.39 is 0 Å². The first-order chi connectivity index (χ1) is 9.60. The van der Waals surface area contributed by atoms with Crippen molar-refractivity contribution in [1.29, 1.82) is 0 Å².